The van der Waals surface area contributed by atoms with E-state index in [0.29, 0.717) is 0 Å². The molecule has 0 aromatic carbocycles. The summed E-state index contributed by atoms with van der Waals surface area (Å²) in [6.45, 7) is 1.93. The monoisotopic (exact) mass is 202 g/mol. The second kappa shape index (κ2) is 6.03. The third-order valence-electron chi connectivity index (χ3n) is 1.79. The van der Waals surface area contributed by atoms with Gasteiger partial charge in [0.2, 0.25) is 0 Å². The Bertz CT molecular complexity index is 105. The standard InChI is InChI=1S/C6H14N2O.2ClH/c1-8-3-5(7)6(4-8)9-2;;/h5-6H,3-4,7H2,1-2H3;2*1H. The van der Waals surface area contributed by atoms with E-state index >= 15 is 0 Å². The molecule has 1 aliphatic rings. The minimum Gasteiger partial charge on any atom is -0.378 e. The Morgan fingerprint density at radius 2 is 1.91 bits per heavy atom. The van der Waals surface area contributed by atoms with Crippen molar-refractivity contribution in [2.75, 3.05) is 27.2 Å². The quantitative estimate of drug-likeness (QED) is 0.657. The molecule has 11 heavy (non-hydrogen) atoms. The highest BCUT2D eigenvalue weighted by Gasteiger charge is 2.26. The van der Waals surface area contributed by atoms with E-state index in [0.717, 1.165) is 13.1 Å². The highest BCUT2D eigenvalue weighted by atomic mass is 35.5. The zero-order valence-corrected chi connectivity index (χ0v) is 8.45. The molecule has 1 aliphatic heterocycles. The Balaban J connectivity index is 0. The summed E-state index contributed by atoms with van der Waals surface area (Å²) in [5, 5.41) is 0. The Morgan fingerprint density at radius 3 is 2.09 bits per heavy atom. The van der Waals surface area contributed by atoms with E-state index in [1.807, 2.05) is 0 Å². The SMILES string of the molecule is COC1CN(C)CC1N.Cl.Cl. The van der Waals surface area contributed by atoms with Gasteiger partial charge in [0.25, 0.3) is 0 Å². The number of hydrogen-bond donors (Lipinski definition) is 1. The van der Waals surface area contributed by atoms with Crippen LogP contribution in [-0.4, -0.2) is 44.3 Å². The first-order valence-corrected chi connectivity index (χ1v) is 3.21. The number of nitrogens with zero attached hydrogens (tertiary/aromatic N) is 1. The lowest BCUT2D eigenvalue weighted by Crippen LogP contribution is -2.34. The molecule has 70 valence electrons. The molecule has 0 saturated carbocycles. The van der Waals surface area contributed by atoms with E-state index in [1.165, 1.54) is 0 Å². The van der Waals surface area contributed by atoms with Crippen LogP contribution in [0.1, 0.15) is 0 Å². The maximum atomic E-state index is 5.71. The van der Waals surface area contributed by atoms with Crippen molar-refractivity contribution in [3.05, 3.63) is 0 Å². The summed E-state index contributed by atoms with van der Waals surface area (Å²) in [6.07, 6.45) is 0.245. The fourth-order valence-electron chi connectivity index (χ4n) is 1.24. The molecule has 0 aliphatic carbocycles. The van der Waals surface area contributed by atoms with E-state index < -0.39 is 0 Å². The zero-order chi connectivity index (χ0) is 6.85. The van der Waals surface area contributed by atoms with Crippen molar-refractivity contribution in [1.82, 2.24) is 4.90 Å². The van der Waals surface area contributed by atoms with Gasteiger partial charge >= 0.3 is 0 Å². The van der Waals surface area contributed by atoms with Crippen molar-refractivity contribution in [2.24, 2.45) is 5.73 Å². The Morgan fingerprint density at radius 1 is 1.36 bits per heavy atom. The Kier molecular flexibility index (Phi) is 7.68. The van der Waals surface area contributed by atoms with E-state index in [4.69, 9.17) is 10.5 Å². The first-order valence-electron chi connectivity index (χ1n) is 3.21. The Hall–Kier alpha value is 0.460. The van der Waals surface area contributed by atoms with Crippen LogP contribution >= 0.6 is 24.8 Å². The summed E-state index contributed by atoms with van der Waals surface area (Å²) < 4.78 is 5.13. The smallest absolute Gasteiger partial charge is 0.0861 e. The molecule has 2 atom stereocenters. The van der Waals surface area contributed by atoms with Gasteiger partial charge in [0.15, 0.2) is 0 Å². The number of nitrogens with two attached hydrogens (primary N) is 1. The van der Waals surface area contributed by atoms with Crippen LogP contribution in [0.15, 0.2) is 0 Å². The molecule has 2 N–H and O–H groups in total. The van der Waals surface area contributed by atoms with Crippen LogP contribution in [0, 0.1) is 0 Å². The van der Waals surface area contributed by atoms with Crippen LogP contribution in [0.2, 0.25) is 0 Å². The van der Waals surface area contributed by atoms with Gasteiger partial charge in [0.1, 0.15) is 0 Å². The molecule has 0 aromatic rings. The number of halogens is 2. The molecular formula is C6H16Cl2N2O. The molecule has 1 heterocycles. The fraction of sp³-hybridized carbons (Fsp3) is 1.00. The average Bonchev–Trinajstić information content (AvgIpc) is 2.10. The van der Waals surface area contributed by atoms with Gasteiger partial charge in [-0.1, -0.05) is 0 Å². The molecule has 1 fully saturated rings. The molecule has 5 heteroatoms. The van der Waals surface area contributed by atoms with Gasteiger partial charge < -0.3 is 15.4 Å². The second-order valence-corrected chi connectivity index (χ2v) is 2.66. The summed E-state index contributed by atoms with van der Waals surface area (Å²) in [6, 6.07) is 0.208. The third-order valence-corrected chi connectivity index (χ3v) is 1.79. The van der Waals surface area contributed by atoms with Crippen LogP contribution in [-0.2, 0) is 4.74 Å². The minimum atomic E-state index is 0. The predicted molar refractivity (Wildman–Crippen MR) is 50.8 cm³/mol. The first kappa shape index (κ1) is 14.0. The molecule has 0 bridgehead atoms. The third kappa shape index (κ3) is 3.58. The Labute approximate surface area is 80.1 Å². The molecule has 1 rings (SSSR count). The van der Waals surface area contributed by atoms with Crippen LogP contribution < -0.4 is 5.73 Å². The molecule has 0 radical (unpaired) electrons. The second-order valence-electron chi connectivity index (χ2n) is 2.66. The van der Waals surface area contributed by atoms with Crippen LogP contribution in [0.4, 0.5) is 0 Å². The van der Waals surface area contributed by atoms with Gasteiger partial charge in [0, 0.05) is 26.2 Å². The van der Waals surface area contributed by atoms with E-state index in [1.54, 1.807) is 7.11 Å². The largest absolute Gasteiger partial charge is 0.378 e. The topological polar surface area (TPSA) is 38.5 Å². The van der Waals surface area contributed by atoms with Gasteiger partial charge in [0.05, 0.1) is 6.10 Å². The van der Waals surface area contributed by atoms with E-state index in [2.05, 4.69) is 11.9 Å². The van der Waals surface area contributed by atoms with Crippen LogP contribution in [0.5, 0.6) is 0 Å². The van der Waals surface area contributed by atoms with Crippen LogP contribution in [0.3, 0.4) is 0 Å². The van der Waals surface area contributed by atoms with Crippen molar-refractivity contribution in [3.63, 3.8) is 0 Å². The number of rotatable bonds is 1. The summed E-state index contributed by atoms with van der Waals surface area (Å²) >= 11 is 0. The maximum Gasteiger partial charge on any atom is 0.0861 e. The van der Waals surface area contributed by atoms with Crippen molar-refractivity contribution in [3.8, 4) is 0 Å². The number of ether oxygens (including phenoxy) is 1. The summed E-state index contributed by atoms with van der Waals surface area (Å²) in [4.78, 5) is 2.18. The lowest BCUT2D eigenvalue weighted by molar-refractivity contribution is 0.100. The molecule has 0 spiro atoms. The molecule has 1 saturated heterocycles. The molecule has 0 amide bonds. The first-order chi connectivity index (χ1) is 4.24. The number of methoxy groups -OCH3 is 1. The van der Waals surface area contributed by atoms with Crippen molar-refractivity contribution < 1.29 is 4.74 Å². The lowest BCUT2D eigenvalue weighted by atomic mass is 10.2. The van der Waals surface area contributed by atoms with Crippen molar-refractivity contribution in [2.45, 2.75) is 12.1 Å². The van der Waals surface area contributed by atoms with Gasteiger partial charge in [-0.25, -0.2) is 0 Å². The molecule has 2 unspecified atom stereocenters. The summed E-state index contributed by atoms with van der Waals surface area (Å²) in [5.74, 6) is 0. The van der Waals surface area contributed by atoms with Crippen molar-refractivity contribution in [1.29, 1.82) is 0 Å². The number of likely N-dealkylation sites (tertiary alicyclic amines) is 1. The predicted octanol–water partition coefficient (Wildman–Crippen LogP) is 0.118. The number of likely N-dealkylation sites (N-methyl/N-ethyl adjacent to an activating group) is 1. The van der Waals surface area contributed by atoms with Gasteiger partial charge in [-0.2, -0.15) is 0 Å². The highest BCUT2D eigenvalue weighted by molar-refractivity contribution is 5.85. The molecule has 3 nitrogen and oxygen atoms in total. The normalized spacial score (nSPS) is 30.8. The average molecular weight is 203 g/mol. The van der Waals surface area contributed by atoms with Gasteiger partial charge in [-0.3, -0.25) is 0 Å². The van der Waals surface area contributed by atoms with Gasteiger partial charge in [-0.05, 0) is 7.05 Å². The molecular weight excluding hydrogens is 187 g/mol. The summed E-state index contributed by atoms with van der Waals surface area (Å²) in [5.41, 5.74) is 5.71. The molecule has 0 aromatic heterocycles. The van der Waals surface area contributed by atoms with Crippen LogP contribution in [0.25, 0.3) is 0 Å². The number of hydrogen-bond acceptors (Lipinski definition) is 3. The lowest BCUT2D eigenvalue weighted by Gasteiger charge is -2.10. The van der Waals surface area contributed by atoms with E-state index in [9.17, 15) is 0 Å². The van der Waals surface area contributed by atoms with Crippen molar-refractivity contribution >= 4 is 24.8 Å². The maximum absolute atomic E-state index is 5.71. The summed E-state index contributed by atoms with van der Waals surface area (Å²) in [7, 11) is 3.77. The fourth-order valence-corrected chi connectivity index (χ4v) is 1.24. The minimum absolute atomic E-state index is 0. The zero-order valence-electron chi connectivity index (χ0n) is 6.82. The highest BCUT2D eigenvalue weighted by Crippen LogP contribution is 2.07. The van der Waals surface area contributed by atoms with E-state index in [-0.39, 0.29) is 37.0 Å². The van der Waals surface area contributed by atoms with Gasteiger partial charge in [-0.15, -0.1) is 24.8 Å².